The molecule has 0 aliphatic heterocycles. The maximum absolute atomic E-state index is 13.3. The summed E-state index contributed by atoms with van der Waals surface area (Å²) >= 11 is 1.50. The van der Waals surface area contributed by atoms with Crippen LogP contribution in [0, 0.1) is 0 Å². The van der Waals surface area contributed by atoms with Crippen LogP contribution < -0.4 is 0 Å². The summed E-state index contributed by atoms with van der Waals surface area (Å²) in [6.45, 7) is 5.41. The van der Waals surface area contributed by atoms with E-state index in [-0.39, 0.29) is 11.2 Å². The number of benzene rings is 1. The predicted octanol–water partition coefficient (Wildman–Crippen LogP) is 4.38. The molecule has 1 atom stereocenters. The topological polar surface area (TPSA) is 63.9 Å². The van der Waals surface area contributed by atoms with Crippen LogP contribution in [0.5, 0.6) is 0 Å². The molecule has 1 aromatic carbocycles. The number of carbonyl (C=O) groups is 1. The SMILES string of the molecule is CCN(CC)C(=O)[C@H](Sc1nnc(-c2cccnc2)n1C1CC1)c1ccccc1. The van der Waals surface area contributed by atoms with Crippen LogP contribution in [0.2, 0.25) is 0 Å². The van der Waals surface area contributed by atoms with Crippen LogP contribution in [-0.2, 0) is 4.79 Å². The highest BCUT2D eigenvalue weighted by Gasteiger charge is 2.33. The van der Waals surface area contributed by atoms with E-state index in [2.05, 4.69) is 19.7 Å². The summed E-state index contributed by atoms with van der Waals surface area (Å²) in [4.78, 5) is 19.4. The highest BCUT2D eigenvalue weighted by molar-refractivity contribution is 8.00. The molecule has 1 aliphatic rings. The van der Waals surface area contributed by atoms with E-state index in [0.717, 1.165) is 34.9 Å². The van der Waals surface area contributed by atoms with Gasteiger partial charge in [-0.2, -0.15) is 0 Å². The smallest absolute Gasteiger partial charge is 0.240 e. The maximum Gasteiger partial charge on any atom is 0.240 e. The molecule has 0 unspecified atom stereocenters. The van der Waals surface area contributed by atoms with Crippen molar-refractivity contribution in [1.29, 1.82) is 0 Å². The average molecular weight is 408 g/mol. The van der Waals surface area contributed by atoms with Gasteiger partial charge in [0, 0.05) is 37.1 Å². The highest BCUT2D eigenvalue weighted by Crippen LogP contribution is 2.44. The Morgan fingerprint density at radius 2 is 1.90 bits per heavy atom. The summed E-state index contributed by atoms with van der Waals surface area (Å²) in [5, 5.41) is 9.40. The number of pyridine rings is 1. The number of rotatable bonds is 8. The first-order chi connectivity index (χ1) is 14.2. The zero-order chi connectivity index (χ0) is 20.2. The molecule has 4 rings (SSSR count). The molecule has 1 fully saturated rings. The van der Waals surface area contributed by atoms with Crippen LogP contribution in [0.1, 0.15) is 43.5 Å². The second-order valence-corrected chi connectivity index (χ2v) is 8.14. The van der Waals surface area contributed by atoms with Crippen molar-refractivity contribution < 1.29 is 4.79 Å². The lowest BCUT2D eigenvalue weighted by molar-refractivity contribution is -0.130. The number of thioether (sulfide) groups is 1. The standard InChI is InChI=1S/C22H25N5OS/c1-3-26(4-2)21(28)19(16-9-6-5-7-10-16)29-22-25-24-20(27(22)18-12-13-18)17-11-8-14-23-15-17/h5-11,14-15,18-19H,3-4,12-13H2,1-2H3/t19-/m1/s1. The molecular weight excluding hydrogens is 382 g/mol. The fourth-order valence-corrected chi connectivity index (χ4v) is 4.60. The van der Waals surface area contributed by atoms with Crippen molar-refractivity contribution in [3.05, 3.63) is 60.4 Å². The van der Waals surface area contributed by atoms with Crippen LogP contribution in [0.25, 0.3) is 11.4 Å². The molecule has 0 saturated heterocycles. The summed E-state index contributed by atoms with van der Waals surface area (Å²) in [5.74, 6) is 0.935. The van der Waals surface area contributed by atoms with Crippen molar-refractivity contribution in [3.63, 3.8) is 0 Å². The Morgan fingerprint density at radius 1 is 1.14 bits per heavy atom. The van der Waals surface area contributed by atoms with E-state index in [1.807, 2.05) is 67.4 Å². The Kier molecular flexibility index (Phi) is 5.94. The van der Waals surface area contributed by atoms with Crippen molar-refractivity contribution in [2.45, 2.75) is 43.1 Å². The third kappa shape index (κ3) is 4.19. The van der Waals surface area contributed by atoms with Gasteiger partial charge in [0.25, 0.3) is 0 Å². The minimum atomic E-state index is -0.348. The molecule has 1 aliphatic carbocycles. The number of hydrogen-bond donors (Lipinski definition) is 0. The van der Waals surface area contributed by atoms with E-state index in [4.69, 9.17) is 0 Å². The summed E-state index contributed by atoms with van der Waals surface area (Å²) < 4.78 is 2.19. The number of amides is 1. The van der Waals surface area contributed by atoms with Gasteiger partial charge < -0.3 is 4.90 Å². The number of hydrogen-bond acceptors (Lipinski definition) is 5. The van der Waals surface area contributed by atoms with Crippen LogP contribution in [-0.4, -0.2) is 43.6 Å². The van der Waals surface area contributed by atoms with Crippen molar-refractivity contribution in [2.75, 3.05) is 13.1 Å². The van der Waals surface area contributed by atoms with Crippen molar-refractivity contribution in [3.8, 4) is 11.4 Å². The zero-order valence-corrected chi connectivity index (χ0v) is 17.5. The Bertz CT molecular complexity index is 952. The quantitative estimate of drug-likeness (QED) is 0.519. The summed E-state index contributed by atoms with van der Waals surface area (Å²) in [6.07, 6.45) is 5.79. The van der Waals surface area contributed by atoms with Crippen molar-refractivity contribution in [2.24, 2.45) is 0 Å². The molecule has 0 spiro atoms. The largest absolute Gasteiger partial charge is 0.342 e. The van der Waals surface area contributed by atoms with Gasteiger partial charge in [-0.1, -0.05) is 42.1 Å². The maximum atomic E-state index is 13.3. The molecule has 29 heavy (non-hydrogen) atoms. The summed E-state index contributed by atoms with van der Waals surface area (Å²) in [7, 11) is 0. The zero-order valence-electron chi connectivity index (χ0n) is 16.7. The van der Waals surface area contributed by atoms with Gasteiger partial charge in [0.15, 0.2) is 11.0 Å². The first-order valence-electron chi connectivity index (χ1n) is 10.1. The minimum Gasteiger partial charge on any atom is -0.342 e. The molecule has 3 aromatic rings. The molecular formula is C22H25N5OS. The van der Waals surface area contributed by atoms with E-state index in [1.54, 1.807) is 6.20 Å². The van der Waals surface area contributed by atoms with E-state index in [9.17, 15) is 4.79 Å². The van der Waals surface area contributed by atoms with Crippen LogP contribution in [0.4, 0.5) is 0 Å². The predicted molar refractivity (Wildman–Crippen MR) is 114 cm³/mol. The molecule has 2 heterocycles. The first kappa shape index (κ1) is 19.6. The minimum absolute atomic E-state index is 0.111. The normalized spacial score (nSPS) is 14.6. The van der Waals surface area contributed by atoms with Gasteiger partial charge in [-0.25, -0.2) is 0 Å². The molecule has 0 N–H and O–H groups in total. The lowest BCUT2D eigenvalue weighted by Gasteiger charge is -2.25. The van der Waals surface area contributed by atoms with E-state index in [0.29, 0.717) is 19.1 Å². The van der Waals surface area contributed by atoms with Gasteiger partial charge in [0.2, 0.25) is 5.91 Å². The van der Waals surface area contributed by atoms with Crippen molar-refractivity contribution >= 4 is 17.7 Å². The molecule has 1 saturated carbocycles. The second-order valence-electron chi connectivity index (χ2n) is 7.07. The van der Waals surface area contributed by atoms with Gasteiger partial charge in [-0.15, -0.1) is 10.2 Å². The van der Waals surface area contributed by atoms with Gasteiger partial charge in [0.1, 0.15) is 5.25 Å². The Balaban J connectivity index is 1.71. The summed E-state index contributed by atoms with van der Waals surface area (Å²) in [6, 6.07) is 14.3. The molecule has 1 amide bonds. The van der Waals surface area contributed by atoms with Crippen LogP contribution in [0.15, 0.2) is 60.0 Å². The van der Waals surface area contributed by atoms with Gasteiger partial charge in [-0.3, -0.25) is 14.3 Å². The Hall–Kier alpha value is -2.67. The molecule has 6 nitrogen and oxygen atoms in total. The molecule has 150 valence electrons. The van der Waals surface area contributed by atoms with Crippen LogP contribution in [0.3, 0.4) is 0 Å². The van der Waals surface area contributed by atoms with Gasteiger partial charge in [0.05, 0.1) is 0 Å². The van der Waals surface area contributed by atoms with Gasteiger partial charge >= 0.3 is 0 Å². The van der Waals surface area contributed by atoms with E-state index in [1.165, 1.54) is 11.8 Å². The highest BCUT2D eigenvalue weighted by atomic mass is 32.2. The van der Waals surface area contributed by atoms with Crippen molar-refractivity contribution in [1.82, 2.24) is 24.6 Å². The van der Waals surface area contributed by atoms with E-state index < -0.39 is 0 Å². The fourth-order valence-electron chi connectivity index (χ4n) is 3.41. The lowest BCUT2D eigenvalue weighted by Crippen LogP contribution is -2.34. The van der Waals surface area contributed by atoms with Gasteiger partial charge in [-0.05, 0) is 44.4 Å². The van der Waals surface area contributed by atoms with Crippen LogP contribution >= 0.6 is 11.8 Å². The average Bonchev–Trinajstić information content (AvgIpc) is 3.53. The number of carbonyl (C=O) groups excluding carboxylic acids is 1. The third-order valence-corrected chi connectivity index (χ3v) is 6.32. The van der Waals surface area contributed by atoms with E-state index >= 15 is 0 Å². The summed E-state index contributed by atoms with van der Waals surface area (Å²) in [5.41, 5.74) is 1.94. The molecule has 7 heteroatoms. The first-order valence-corrected chi connectivity index (χ1v) is 11.0. The number of nitrogens with zero attached hydrogens (tertiary/aromatic N) is 5. The fraction of sp³-hybridized carbons (Fsp3) is 0.364. The molecule has 0 radical (unpaired) electrons. The molecule has 2 aromatic heterocycles. The Morgan fingerprint density at radius 3 is 2.52 bits per heavy atom. The lowest BCUT2D eigenvalue weighted by atomic mass is 10.1. The second kappa shape index (κ2) is 8.78. The Labute approximate surface area is 175 Å². The molecule has 0 bridgehead atoms. The number of likely N-dealkylation sites (N-methyl/N-ethyl adjacent to an activating group) is 1. The number of aromatic nitrogens is 4. The third-order valence-electron chi connectivity index (χ3n) is 5.12. The monoisotopic (exact) mass is 407 g/mol.